The Labute approximate surface area is 154 Å². The molecule has 0 aliphatic rings. The van der Waals surface area contributed by atoms with Crippen LogP contribution in [0.5, 0.6) is 17.2 Å². The van der Waals surface area contributed by atoms with Gasteiger partial charge >= 0.3 is 0 Å². The molecule has 0 saturated heterocycles. The zero-order valence-electron chi connectivity index (χ0n) is 14.2. The highest BCUT2D eigenvalue weighted by Crippen LogP contribution is 2.28. The van der Waals surface area contributed by atoms with E-state index in [1.807, 2.05) is 0 Å². The number of pyridine rings is 1. The topological polar surface area (TPSA) is 74.7 Å². The highest BCUT2D eigenvalue weighted by Gasteiger charge is 2.15. The van der Waals surface area contributed by atoms with Crippen molar-refractivity contribution in [3.05, 3.63) is 46.2 Å². The van der Waals surface area contributed by atoms with Crippen LogP contribution in [-0.4, -0.2) is 37.9 Å². The van der Waals surface area contributed by atoms with Crippen LogP contribution in [0, 0.1) is 0 Å². The van der Waals surface area contributed by atoms with Crippen LogP contribution in [-0.2, 0) is 0 Å². The Kier molecular flexibility index (Phi) is 6.52. The Bertz CT molecular complexity index is 791. The molecule has 0 N–H and O–H groups in total. The Morgan fingerprint density at radius 1 is 0.880 bits per heavy atom. The van der Waals surface area contributed by atoms with Gasteiger partial charge in [0, 0.05) is 18.4 Å². The van der Waals surface area contributed by atoms with Crippen molar-refractivity contribution in [3.8, 4) is 17.2 Å². The summed E-state index contributed by atoms with van der Waals surface area (Å²) in [5.41, 5.74) is 0.752. The number of nitrogens with zero attached hydrogens (tertiary/aromatic N) is 1. The molecule has 0 radical (unpaired) electrons. The highest BCUT2D eigenvalue weighted by molar-refractivity contribution is 9.10. The number of benzene rings is 1. The Hall–Kier alpha value is -2.41. The fraction of sp³-hybridized carbons (Fsp3) is 0.278. The average Bonchev–Trinajstić information content (AvgIpc) is 2.64. The first-order valence-electron chi connectivity index (χ1n) is 7.49. The van der Waals surface area contributed by atoms with Crippen molar-refractivity contribution in [2.75, 3.05) is 21.3 Å². The lowest BCUT2D eigenvalue weighted by atomic mass is 10.0. The molecule has 1 aromatic carbocycles. The van der Waals surface area contributed by atoms with Crippen molar-refractivity contribution in [2.45, 2.75) is 12.8 Å². The molecule has 0 aliphatic carbocycles. The van der Waals surface area contributed by atoms with E-state index in [-0.39, 0.29) is 30.1 Å². The van der Waals surface area contributed by atoms with Gasteiger partial charge in [0.1, 0.15) is 10.3 Å². The number of ether oxygens (including phenoxy) is 3. The fourth-order valence-electron chi connectivity index (χ4n) is 2.24. The summed E-state index contributed by atoms with van der Waals surface area (Å²) >= 11 is 3.24. The normalized spacial score (nSPS) is 10.2. The van der Waals surface area contributed by atoms with Crippen molar-refractivity contribution < 1.29 is 23.8 Å². The summed E-state index contributed by atoms with van der Waals surface area (Å²) in [6, 6.07) is 8.15. The van der Waals surface area contributed by atoms with E-state index in [4.69, 9.17) is 14.2 Å². The maximum Gasteiger partial charge on any atom is 0.181 e. The Balaban J connectivity index is 2.04. The molecule has 0 atom stereocenters. The maximum absolute atomic E-state index is 12.3. The van der Waals surface area contributed by atoms with Gasteiger partial charge in [0.05, 0.1) is 21.3 Å². The predicted octanol–water partition coefficient (Wildman–Crippen LogP) is 3.72. The Morgan fingerprint density at radius 2 is 1.48 bits per heavy atom. The number of hydrogen-bond acceptors (Lipinski definition) is 6. The highest BCUT2D eigenvalue weighted by atomic mass is 79.9. The van der Waals surface area contributed by atoms with Gasteiger partial charge in [-0.2, -0.15) is 0 Å². The lowest BCUT2D eigenvalue weighted by Gasteiger charge is -2.09. The van der Waals surface area contributed by atoms with E-state index in [0.29, 0.717) is 27.4 Å². The molecule has 0 saturated carbocycles. The van der Waals surface area contributed by atoms with E-state index in [1.54, 1.807) is 30.3 Å². The second-order valence-corrected chi connectivity index (χ2v) is 5.86. The predicted molar refractivity (Wildman–Crippen MR) is 95.9 cm³/mol. The van der Waals surface area contributed by atoms with E-state index in [9.17, 15) is 9.59 Å². The summed E-state index contributed by atoms with van der Waals surface area (Å²) in [7, 11) is 4.55. The van der Waals surface area contributed by atoms with E-state index in [2.05, 4.69) is 20.9 Å². The number of ketones is 2. The van der Waals surface area contributed by atoms with E-state index >= 15 is 0 Å². The summed E-state index contributed by atoms with van der Waals surface area (Å²) < 4.78 is 15.9. The molecule has 0 spiro atoms. The third-order valence-corrected chi connectivity index (χ3v) is 4.17. The summed E-state index contributed by atoms with van der Waals surface area (Å²) in [5, 5.41) is 0. The quantitative estimate of drug-likeness (QED) is 0.490. The summed E-state index contributed by atoms with van der Waals surface area (Å²) in [4.78, 5) is 28.7. The number of rotatable bonds is 8. The lowest BCUT2D eigenvalue weighted by Crippen LogP contribution is -2.07. The zero-order chi connectivity index (χ0) is 18.4. The molecule has 0 bridgehead atoms. The number of Topliss-reactive ketones (excluding diaryl/α,β-unsaturated/α-hetero) is 2. The molecule has 0 unspecified atom stereocenters. The van der Waals surface area contributed by atoms with E-state index in [0.717, 1.165) is 0 Å². The third-order valence-electron chi connectivity index (χ3n) is 3.60. The average molecular weight is 408 g/mol. The minimum atomic E-state index is -0.211. The first-order chi connectivity index (χ1) is 12.0. The maximum atomic E-state index is 12.3. The molecule has 1 heterocycles. The van der Waals surface area contributed by atoms with Crippen LogP contribution in [0.2, 0.25) is 0 Å². The van der Waals surface area contributed by atoms with Gasteiger partial charge in [-0.05, 0) is 46.3 Å². The van der Waals surface area contributed by atoms with Crippen molar-refractivity contribution >= 4 is 27.5 Å². The molecular formula is C18H18BrNO5. The first-order valence-corrected chi connectivity index (χ1v) is 8.28. The molecule has 0 amide bonds. The minimum absolute atomic E-state index is 0.0684. The van der Waals surface area contributed by atoms with Crippen LogP contribution in [0.4, 0.5) is 0 Å². The molecule has 2 rings (SSSR count). The minimum Gasteiger partial charge on any atom is -0.494 e. The van der Waals surface area contributed by atoms with Gasteiger partial charge in [-0.3, -0.25) is 9.59 Å². The van der Waals surface area contributed by atoms with Crippen LogP contribution < -0.4 is 14.2 Å². The van der Waals surface area contributed by atoms with Gasteiger partial charge in [0.25, 0.3) is 0 Å². The number of halogens is 1. The fourth-order valence-corrected chi connectivity index (χ4v) is 2.72. The molecule has 25 heavy (non-hydrogen) atoms. The number of methoxy groups -OCH3 is 3. The van der Waals surface area contributed by atoms with Crippen LogP contribution in [0.1, 0.15) is 33.7 Å². The van der Waals surface area contributed by atoms with Gasteiger partial charge in [0.15, 0.2) is 28.8 Å². The summed E-state index contributed by atoms with van der Waals surface area (Å²) in [5.74, 6) is 1.19. The van der Waals surface area contributed by atoms with Crippen LogP contribution >= 0.6 is 15.9 Å². The summed E-state index contributed by atoms with van der Waals surface area (Å²) in [6.45, 7) is 0. The Morgan fingerprint density at radius 3 is 2.08 bits per heavy atom. The second-order valence-electron chi connectivity index (χ2n) is 5.11. The van der Waals surface area contributed by atoms with Gasteiger partial charge < -0.3 is 14.2 Å². The van der Waals surface area contributed by atoms with Crippen LogP contribution in [0.3, 0.4) is 0 Å². The monoisotopic (exact) mass is 407 g/mol. The molecular weight excluding hydrogens is 390 g/mol. The largest absolute Gasteiger partial charge is 0.494 e. The number of carbonyl (C=O) groups is 2. The second kappa shape index (κ2) is 8.62. The van der Waals surface area contributed by atoms with Crippen molar-refractivity contribution in [2.24, 2.45) is 0 Å². The number of hydrogen-bond donors (Lipinski definition) is 0. The standard InChI is InChI=1S/C18H18BrNO5/c1-23-15-8-4-11(10-17(15)25-3)13(21)6-7-14(22)12-5-9-16(24-2)18(19)20-12/h4-5,8-10H,6-7H2,1-3H3. The van der Waals surface area contributed by atoms with Crippen molar-refractivity contribution in [1.29, 1.82) is 0 Å². The molecule has 2 aromatic rings. The molecule has 132 valence electrons. The van der Waals surface area contributed by atoms with Gasteiger partial charge in [-0.25, -0.2) is 4.98 Å². The number of aromatic nitrogens is 1. The van der Waals surface area contributed by atoms with E-state index < -0.39 is 0 Å². The third kappa shape index (κ3) is 4.57. The first kappa shape index (κ1) is 18.9. The molecule has 0 fully saturated rings. The number of carbonyl (C=O) groups excluding carboxylic acids is 2. The molecule has 6 nitrogen and oxygen atoms in total. The van der Waals surface area contributed by atoms with Gasteiger partial charge in [-0.15, -0.1) is 0 Å². The van der Waals surface area contributed by atoms with Crippen molar-refractivity contribution in [1.82, 2.24) is 4.98 Å². The van der Waals surface area contributed by atoms with Crippen LogP contribution in [0.15, 0.2) is 34.9 Å². The van der Waals surface area contributed by atoms with Crippen LogP contribution in [0.25, 0.3) is 0 Å². The smallest absolute Gasteiger partial charge is 0.181 e. The van der Waals surface area contributed by atoms with Gasteiger partial charge in [0.2, 0.25) is 0 Å². The van der Waals surface area contributed by atoms with Gasteiger partial charge in [-0.1, -0.05) is 0 Å². The zero-order valence-corrected chi connectivity index (χ0v) is 15.8. The molecule has 0 aliphatic heterocycles. The molecule has 7 heteroatoms. The lowest BCUT2D eigenvalue weighted by molar-refractivity contribution is 0.0914. The summed E-state index contributed by atoms with van der Waals surface area (Å²) in [6.07, 6.45) is 0.151. The molecule has 1 aromatic heterocycles. The van der Waals surface area contributed by atoms with E-state index in [1.165, 1.54) is 21.3 Å². The van der Waals surface area contributed by atoms with Crippen molar-refractivity contribution in [3.63, 3.8) is 0 Å². The SMILES string of the molecule is COc1ccc(C(=O)CCC(=O)c2ccc(OC)c(Br)n2)cc1OC.